The highest BCUT2D eigenvalue weighted by Gasteiger charge is 2.17. The van der Waals surface area contributed by atoms with Crippen molar-refractivity contribution in [1.29, 1.82) is 0 Å². The average Bonchev–Trinajstić information content (AvgIpc) is 3.18. The molecule has 0 spiro atoms. The van der Waals surface area contributed by atoms with E-state index in [9.17, 15) is 9.59 Å². The van der Waals surface area contributed by atoms with E-state index < -0.39 is 0 Å². The van der Waals surface area contributed by atoms with Gasteiger partial charge in [0, 0.05) is 13.1 Å². The summed E-state index contributed by atoms with van der Waals surface area (Å²) in [6.07, 6.45) is 3.17. The third-order valence-electron chi connectivity index (χ3n) is 4.33. The molecule has 9 heteroatoms. The highest BCUT2D eigenvalue weighted by atomic mass is 16.2. The van der Waals surface area contributed by atoms with Gasteiger partial charge in [-0.1, -0.05) is 35.5 Å². The van der Waals surface area contributed by atoms with E-state index in [0.29, 0.717) is 31.1 Å². The minimum atomic E-state index is -0.355. The topological polar surface area (TPSA) is 105 Å². The lowest BCUT2D eigenvalue weighted by molar-refractivity contribution is -0.120. The summed E-state index contributed by atoms with van der Waals surface area (Å²) >= 11 is 0. The van der Waals surface area contributed by atoms with E-state index >= 15 is 0 Å². The second-order valence-electron chi connectivity index (χ2n) is 6.42. The first kappa shape index (κ1) is 17.7. The molecule has 1 saturated heterocycles. The maximum absolute atomic E-state index is 12.4. The van der Waals surface area contributed by atoms with Gasteiger partial charge in [-0.3, -0.25) is 9.59 Å². The Balaban J connectivity index is 1.38. The number of amides is 2. The van der Waals surface area contributed by atoms with Crippen LogP contribution in [0.5, 0.6) is 0 Å². The Hall–Kier alpha value is -3.75. The first-order valence-electron chi connectivity index (χ1n) is 8.90. The van der Waals surface area contributed by atoms with Gasteiger partial charge < -0.3 is 15.5 Å². The van der Waals surface area contributed by atoms with Gasteiger partial charge in [-0.05, 0) is 17.7 Å². The SMILES string of the molecule is O=C1CN(c2ccc(NC(=O)c3cn(Cc4ccccc4)nn3)cn2)CCN1. The van der Waals surface area contributed by atoms with Gasteiger partial charge in [0.1, 0.15) is 5.82 Å². The van der Waals surface area contributed by atoms with Crippen LogP contribution in [0.15, 0.2) is 54.9 Å². The number of pyridine rings is 1. The van der Waals surface area contributed by atoms with Crippen molar-refractivity contribution in [3.8, 4) is 0 Å². The average molecular weight is 377 g/mol. The predicted molar refractivity (Wildman–Crippen MR) is 103 cm³/mol. The maximum Gasteiger partial charge on any atom is 0.277 e. The van der Waals surface area contributed by atoms with Crippen LogP contribution in [-0.2, 0) is 11.3 Å². The van der Waals surface area contributed by atoms with Crippen molar-refractivity contribution in [1.82, 2.24) is 25.3 Å². The molecule has 0 bridgehead atoms. The van der Waals surface area contributed by atoms with Crippen molar-refractivity contribution in [2.75, 3.05) is 29.9 Å². The van der Waals surface area contributed by atoms with Crippen LogP contribution in [-0.4, -0.2) is 51.4 Å². The monoisotopic (exact) mass is 377 g/mol. The van der Waals surface area contributed by atoms with E-state index in [0.717, 1.165) is 5.56 Å². The molecule has 0 unspecified atom stereocenters. The van der Waals surface area contributed by atoms with Crippen molar-refractivity contribution in [3.63, 3.8) is 0 Å². The number of piperazine rings is 1. The lowest BCUT2D eigenvalue weighted by Crippen LogP contribution is -2.48. The van der Waals surface area contributed by atoms with Gasteiger partial charge in [0.05, 0.1) is 31.2 Å². The van der Waals surface area contributed by atoms with Crippen LogP contribution >= 0.6 is 0 Å². The number of carbonyl (C=O) groups excluding carboxylic acids is 2. The third-order valence-corrected chi connectivity index (χ3v) is 4.33. The number of carbonyl (C=O) groups is 2. The molecule has 2 N–H and O–H groups in total. The highest BCUT2D eigenvalue weighted by Crippen LogP contribution is 2.15. The van der Waals surface area contributed by atoms with Gasteiger partial charge in [-0.25, -0.2) is 9.67 Å². The summed E-state index contributed by atoms with van der Waals surface area (Å²) in [4.78, 5) is 30.1. The number of hydrogen-bond donors (Lipinski definition) is 2. The fourth-order valence-electron chi connectivity index (χ4n) is 2.93. The number of nitrogens with one attached hydrogen (secondary N) is 2. The molecule has 142 valence electrons. The summed E-state index contributed by atoms with van der Waals surface area (Å²) in [6, 6.07) is 13.4. The Morgan fingerprint density at radius 3 is 2.79 bits per heavy atom. The zero-order chi connectivity index (χ0) is 19.3. The van der Waals surface area contributed by atoms with E-state index in [1.165, 1.54) is 0 Å². The van der Waals surface area contributed by atoms with Crippen LogP contribution in [0.25, 0.3) is 0 Å². The van der Waals surface area contributed by atoms with Crippen LogP contribution in [0, 0.1) is 0 Å². The minimum absolute atomic E-state index is 0.0241. The number of rotatable bonds is 5. The van der Waals surface area contributed by atoms with Crippen molar-refractivity contribution in [2.24, 2.45) is 0 Å². The summed E-state index contributed by atoms with van der Waals surface area (Å²) in [5, 5.41) is 13.5. The molecular formula is C19H19N7O2. The molecule has 0 atom stereocenters. The molecule has 0 saturated carbocycles. The van der Waals surface area contributed by atoms with Gasteiger partial charge in [0.2, 0.25) is 5.91 Å². The summed E-state index contributed by atoms with van der Waals surface area (Å²) in [7, 11) is 0. The number of benzene rings is 1. The van der Waals surface area contributed by atoms with E-state index in [-0.39, 0.29) is 24.1 Å². The Morgan fingerprint density at radius 1 is 1.18 bits per heavy atom. The number of nitrogens with zero attached hydrogens (tertiary/aromatic N) is 5. The molecule has 3 heterocycles. The van der Waals surface area contributed by atoms with Crippen LogP contribution in [0.2, 0.25) is 0 Å². The Bertz CT molecular complexity index is 969. The summed E-state index contributed by atoms with van der Waals surface area (Å²) in [6.45, 7) is 2.12. The maximum atomic E-state index is 12.4. The minimum Gasteiger partial charge on any atom is -0.353 e. The Kier molecular flexibility index (Phi) is 4.96. The van der Waals surface area contributed by atoms with E-state index in [1.54, 1.807) is 29.2 Å². The molecule has 1 aliphatic rings. The molecule has 4 rings (SSSR count). The van der Waals surface area contributed by atoms with Crippen molar-refractivity contribution in [2.45, 2.75) is 6.54 Å². The highest BCUT2D eigenvalue weighted by molar-refractivity contribution is 6.02. The predicted octanol–water partition coefficient (Wildman–Crippen LogP) is 0.910. The largest absolute Gasteiger partial charge is 0.353 e. The van der Waals surface area contributed by atoms with Gasteiger partial charge in [0.15, 0.2) is 5.69 Å². The van der Waals surface area contributed by atoms with E-state index in [2.05, 4.69) is 25.9 Å². The molecular weight excluding hydrogens is 358 g/mol. The number of aromatic nitrogens is 4. The normalized spacial score (nSPS) is 13.9. The molecule has 1 aromatic carbocycles. The number of anilines is 2. The first-order valence-corrected chi connectivity index (χ1v) is 8.90. The molecule has 28 heavy (non-hydrogen) atoms. The number of hydrogen-bond acceptors (Lipinski definition) is 6. The lowest BCUT2D eigenvalue weighted by atomic mass is 10.2. The fourth-order valence-corrected chi connectivity index (χ4v) is 2.93. The fraction of sp³-hybridized carbons (Fsp3) is 0.211. The van der Waals surface area contributed by atoms with Gasteiger partial charge >= 0.3 is 0 Å². The van der Waals surface area contributed by atoms with Crippen molar-refractivity contribution >= 4 is 23.3 Å². The Labute approximate surface area is 161 Å². The van der Waals surface area contributed by atoms with Gasteiger partial charge in [-0.2, -0.15) is 0 Å². The van der Waals surface area contributed by atoms with Crippen LogP contribution in [0.1, 0.15) is 16.1 Å². The lowest BCUT2D eigenvalue weighted by Gasteiger charge is -2.27. The molecule has 1 aliphatic heterocycles. The van der Waals surface area contributed by atoms with Gasteiger partial charge in [0.25, 0.3) is 5.91 Å². The first-order chi connectivity index (χ1) is 13.7. The van der Waals surface area contributed by atoms with E-state index in [1.807, 2.05) is 35.2 Å². The zero-order valence-corrected chi connectivity index (χ0v) is 15.1. The summed E-state index contributed by atoms with van der Waals surface area (Å²) < 4.78 is 1.62. The molecule has 2 aromatic heterocycles. The van der Waals surface area contributed by atoms with Crippen molar-refractivity contribution in [3.05, 3.63) is 66.1 Å². The van der Waals surface area contributed by atoms with Gasteiger partial charge in [-0.15, -0.1) is 5.10 Å². The molecule has 2 amide bonds. The molecule has 3 aromatic rings. The molecule has 1 fully saturated rings. The molecule has 9 nitrogen and oxygen atoms in total. The zero-order valence-electron chi connectivity index (χ0n) is 15.1. The van der Waals surface area contributed by atoms with Crippen molar-refractivity contribution < 1.29 is 9.59 Å². The third kappa shape index (κ3) is 4.14. The second-order valence-corrected chi connectivity index (χ2v) is 6.42. The summed E-state index contributed by atoms with van der Waals surface area (Å²) in [5.41, 5.74) is 1.85. The molecule has 0 aliphatic carbocycles. The summed E-state index contributed by atoms with van der Waals surface area (Å²) in [5.74, 6) is 0.317. The molecule has 0 radical (unpaired) electrons. The quantitative estimate of drug-likeness (QED) is 0.685. The smallest absolute Gasteiger partial charge is 0.277 e. The van der Waals surface area contributed by atoms with Crippen LogP contribution < -0.4 is 15.5 Å². The standard InChI is InChI=1S/C19H19N7O2/c27-18-13-25(9-8-20-18)17-7-6-15(10-21-17)22-19(28)16-12-26(24-23-16)11-14-4-2-1-3-5-14/h1-7,10,12H,8-9,11,13H2,(H,20,27)(H,22,28). The van der Waals surface area contributed by atoms with E-state index in [4.69, 9.17) is 0 Å². The van der Waals surface area contributed by atoms with Crippen LogP contribution in [0.4, 0.5) is 11.5 Å². The second kappa shape index (κ2) is 7.87. The van der Waals surface area contributed by atoms with Crippen LogP contribution in [0.3, 0.4) is 0 Å². The Morgan fingerprint density at radius 2 is 2.04 bits per heavy atom.